The molecule has 0 bridgehead atoms. The molecule has 0 radical (unpaired) electrons. The second-order valence-corrected chi connectivity index (χ2v) is 6.72. The molecule has 0 atom stereocenters. The fourth-order valence-electron chi connectivity index (χ4n) is 1.94. The predicted molar refractivity (Wildman–Crippen MR) is 101 cm³/mol. The molecule has 2 heterocycles. The van der Waals surface area contributed by atoms with Gasteiger partial charge in [-0.2, -0.15) is 5.10 Å². The van der Waals surface area contributed by atoms with Crippen LogP contribution in [0.25, 0.3) is 10.7 Å². The van der Waals surface area contributed by atoms with Crippen LogP contribution in [-0.2, 0) is 11.3 Å². The van der Waals surface area contributed by atoms with Crippen LogP contribution in [0.2, 0.25) is 0 Å². The lowest BCUT2D eigenvalue weighted by Crippen LogP contribution is -2.19. The van der Waals surface area contributed by atoms with Crippen LogP contribution < -0.4 is 5.32 Å². The Morgan fingerprint density at radius 3 is 2.74 bits per heavy atom. The molecule has 0 unspecified atom stereocenters. The molecule has 0 aliphatic rings. The fraction of sp³-hybridized carbons (Fsp3) is 0.0714. The lowest BCUT2D eigenvalue weighted by Gasteiger charge is -2.07. The van der Waals surface area contributed by atoms with Crippen molar-refractivity contribution in [1.29, 1.82) is 0 Å². The average Bonchev–Trinajstić information content (AvgIpc) is 3.12. The van der Waals surface area contributed by atoms with E-state index in [4.69, 9.17) is 12.2 Å². The van der Waals surface area contributed by atoms with Gasteiger partial charge in [0.15, 0.2) is 10.6 Å². The standard InChI is InChI=1S/C14H11BrN4OS2.ClH/c15-9-3-5-10(6-4-9)16-12(20)8-19-13(17-18-14(19)21)11-2-1-7-22-11;/h1-7H,8H2,(H,16,20)(H,18,21);1H. The Bertz CT molecular complexity index is 843. The van der Waals surface area contributed by atoms with Gasteiger partial charge in [0.1, 0.15) is 6.54 Å². The lowest BCUT2D eigenvalue weighted by molar-refractivity contribution is -0.116. The summed E-state index contributed by atoms with van der Waals surface area (Å²) in [6, 6.07) is 11.3. The van der Waals surface area contributed by atoms with E-state index < -0.39 is 0 Å². The summed E-state index contributed by atoms with van der Waals surface area (Å²) >= 11 is 10.1. The highest BCUT2D eigenvalue weighted by Gasteiger charge is 2.13. The molecule has 0 fully saturated rings. The van der Waals surface area contributed by atoms with Crippen molar-refractivity contribution in [3.05, 3.63) is 51.0 Å². The predicted octanol–water partition coefficient (Wildman–Crippen LogP) is 4.49. The normalized spacial score (nSPS) is 10.1. The number of hydrogen-bond donors (Lipinski definition) is 2. The first-order valence-corrected chi connectivity index (χ1v) is 8.46. The van der Waals surface area contributed by atoms with Crippen LogP contribution in [0.1, 0.15) is 0 Å². The van der Waals surface area contributed by atoms with Crippen molar-refractivity contribution in [3.8, 4) is 10.7 Å². The van der Waals surface area contributed by atoms with Gasteiger partial charge < -0.3 is 5.32 Å². The number of nitrogens with one attached hydrogen (secondary N) is 2. The van der Waals surface area contributed by atoms with Gasteiger partial charge in [-0.05, 0) is 47.9 Å². The molecule has 0 saturated heterocycles. The van der Waals surface area contributed by atoms with Crippen LogP contribution >= 0.6 is 51.9 Å². The second kappa shape index (κ2) is 7.87. The third-order valence-electron chi connectivity index (χ3n) is 2.93. The number of rotatable bonds is 4. The Hall–Kier alpha value is -1.48. The maximum Gasteiger partial charge on any atom is 0.244 e. The molecule has 1 aromatic carbocycles. The molecule has 0 aliphatic carbocycles. The molecule has 3 rings (SSSR count). The number of thiophene rings is 1. The molecule has 1 amide bonds. The molecular weight excluding hydrogens is 420 g/mol. The summed E-state index contributed by atoms with van der Waals surface area (Å²) in [5, 5.41) is 11.7. The van der Waals surface area contributed by atoms with Gasteiger partial charge in [0.2, 0.25) is 5.91 Å². The lowest BCUT2D eigenvalue weighted by atomic mass is 10.3. The van der Waals surface area contributed by atoms with Crippen LogP contribution in [0.3, 0.4) is 0 Å². The molecule has 9 heteroatoms. The van der Waals surface area contributed by atoms with Crippen molar-refractivity contribution in [2.45, 2.75) is 6.54 Å². The highest BCUT2D eigenvalue weighted by atomic mass is 79.9. The second-order valence-electron chi connectivity index (χ2n) is 4.47. The first-order chi connectivity index (χ1) is 10.6. The summed E-state index contributed by atoms with van der Waals surface area (Å²) in [5.41, 5.74) is 0.737. The first-order valence-electron chi connectivity index (χ1n) is 6.38. The van der Waals surface area contributed by atoms with Crippen molar-refractivity contribution >= 4 is 63.5 Å². The first kappa shape index (κ1) is 17.9. The minimum absolute atomic E-state index is 0. The van der Waals surface area contributed by atoms with E-state index >= 15 is 0 Å². The van der Waals surface area contributed by atoms with Crippen LogP contribution in [0, 0.1) is 4.77 Å². The van der Waals surface area contributed by atoms with Crippen molar-refractivity contribution in [2.24, 2.45) is 0 Å². The maximum absolute atomic E-state index is 12.2. The molecule has 2 aromatic heterocycles. The van der Waals surface area contributed by atoms with Gasteiger partial charge in [-0.1, -0.05) is 22.0 Å². The number of aromatic nitrogens is 3. The van der Waals surface area contributed by atoms with E-state index in [-0.39, 0.29) is 24.9 Å². The molecular formula is C14H12BrClN4OS2. The average molecular weight is 432 g/mol. The number of benzene rings is 1. The zero-order chi connectivity index (χ0) is 15.5. The number of nitrogens with zero attached hydrogens (tertiary/aromatic N) is 2. The highest BCUT2D eigenvalue weighted by molar-refractivity contribution is 9.10. The number of carbonyl (C=O) groups is 1. The van der Waals surface area contributed by atoms with Gasteiger partial charge in [0.25, 0.3) is 0 Å². The van der Waals surface area contributed by atoms with E-state index in [0.29, 0.717) is 10.6 Å². The summed E-state index contributed by atoms with van der Waals surface area (Å²) in [6.45, 7) is 0.110. The third kappa shape index (κ3) is 4.29. The Balaban J connectivity index is 0.00000192. The number of hydrogen-bond acceptors (Lipinski definition) is 4. The fourth-order valence-corrected chi connectivity index (χ4v) is 3.12. The largest absolute Gasteiger partial charge is 0.325 e. The number of carbonyl (C=O) groups excluding carboxylic acids is 1. The van der Waals surface area contributed by atoms with Crippen LogP contribution in [0.15, 0.2) is 46.3 Å². The minimum Gasteiger partial charge on any atom is -0.325 e. The summed E-state index contributed by atoms with van der Waals surface area (Å²) in [6.07, 6.45) is 0. The summed E-state index contributed by atoms with van der Waals surface area (Å²) in [7, 11) is 0. The van der Waals surface area contributed by atoms with Crippen molar-refractivity contribution in [1.82, 2.24) is 14.8 Å². The summed E-state index contributed by atoms with van der Waals surface area (Å²) in [5.74, 6) is 0.517. The number of halogens is 2. The molecule has 0 aliphatic heterocycles. The van der Waals surface area contributed by atoms with E-state index in [2.05, 4.69) is 31.4 Å². The molecule has 0 saturated carbocycles. The van der Waals surface area contributed by atoms with E-state index in [1.165, 1.54) is 0 Å². The van der Waals surface area contributed by atoms with Gasteiger partial charge in [-0.15, -0.1) is 23.7 Å². The number of H-pyrrole nitrogens is 1. The smallest absolute Gasteiger partial charge is 0.244 e. The van der Waals surface area contributed by atoms with Crippen LogP contribution in [0.5, 0.6) is 0 Å². The Morgan fingerprint density at radius 2 is 2.09 bits per heavy atom. The van der Waals surface area contributed by atoms with Crippen LogP contribution in [0.4, 0.5) is 5.69 Å². The summed E-state index contributed by atoms with van der Waals surface area (Å²) < 4.78 is 3.08. The van der Waals surface area contributed by atoms with Crippen LogP contribution in [-0.4, -0.2) is 20.7 Å². The van der Waals surface area contributed by atoms with Gasteiger partial charge in [-0.3, -0.25) is 14.5 Å². The van der Waals surface area contributed by atoms with Gasteiger partial charge >= 0.3 is 0 Å². The van der Waals surface area contributed by atoms with Crippen molar-refractivity contribution < 1.29 is 4.79 Å². The van der Waals surface area contributed by atoms with Crippen molar-refractivity contribution in [3.63, 3.8) is 0 Å². The Kier molecular flexibility index (Phi) is 6.11. The number of aromatic amines is 1. The van der Waals surface area contributed by atoms with Crippen molar-refractivity contribution in [2.75, 3.05) is 5.32 Å². The number of amides is 1. The summed E-state index contributed by atoms with van der Waals surface area (Å²) in [4.78, 5) is 13.2. The highest BCUT2D eigenvalue weighted by Crippen LogP contribution is 2.22. The van der Waals surface area contributed by atoms with Gasteiger partial charge in [-0.25, -0.2) is 0 Å². The van der Waals surface area contributed by atoms with Gasteiger partial charge in [0.05, 0.1) is 4.88 Å². The maximum atomic E-state index is 12.2. The molecule has 23 heavy (non-hydrogen) atoms. The molecule has 120 valence electrons. The molecule has 5 nitrogen and oxygen atoms in total. The monoisotopic (exact) mass is 430 g/mol. The van der Waals surface area contributed by atoms with E-state index in [9.17, 15) is 4.79 Å². The zero-order valence-corrected chi connectivity index (χ0v) is 15.7. The Labute approximate surface area is 156 Å². The minimum atomic E-state index is -0.155. The van der Waals surface area contributed by atoms with E-state index in [1.54, 1.807) is 15.9 Å². The van der Waals surface area contributed by atoms with E-state index in [0.717, 1.165) is 15.0 Å². The molecule has 3 aromatic rings. The molecule has 0 spiro atoms. The van der Waals surface area contributed by atoms with Gasteiger partial charge in [0, 0.05) is 10.2 Å². The topological polar surface area (TPSA) is 62.7 Å². The quantitative estimate of drug-likeness (QED) is 0.598. The van der Waals surface area contributed by atoms with E-state index in [1.807, 2.05) is 41.8 Å². The number of anilines is 1. The SMILES string of the molecule is Cl.O=C(Cn1c(-c2cccs2)n[nH]c1=S)Nc1ccc(Br)cc1. The zero-order valence-electron chi connectivity index (χ0n) is 11.7. The molecule has 2 N–H and O–H groups in total. The third-order valence-corrected chi connectivity index (χ3v) is 4.64. The Morgan fingerprint density at radius 1 is 1.35 bits per heavy atom.